The number of non-ortho nitro benzene ring substituents is 1. The zero-order chi connectivity index (χ0) is 16.0. The molecule has 0 heterocycles. The maximum absolute atomic E-state index is 11.5. The van der Waals surface area contributed by atoms with Crippen LogP contribution in [0.3, 0.4) is 0 Å². The summed E-state index contributed by atoms with van der Waals surface area (Å²) in [5.41, 5.74) is -0.373. The number of nitrogens with zero attached hydrogens (tertiary/aromatic N) is 1. The van der Waals surface area contributed by atoms with E-state index in [9.17, 15) is 18.5 Å². The van der Waals surface area contributed by atoms with Gasteiger partial charge in [0, 0.05) is 18.7 Å². The molecule has 0 unspecified atom stereocenters. The number of rotatable bonds is 8. The molecular weight excluding hydrogens is 300 g/mol. The van der Waals surface area contributed by atoms with E-state index < -0.39 is 19.8 Å². The molecule has 0 bridgehead atoms. The highest BCUT2D eigenvalue weighted by atomic mass is 32.2. The Morgan fingerprint density at radius 3 is 2.52 bits per heavy atom. The van der Waals surface area contributed by atoms with Crippen LogP contribution in [0.15, 0.2) is 23.1 Å². The van der Waals surface area contributed by atoms with Gasteiger partial charge in [-0.05, 0) is 12.0 Å². The Labute approximate surface area is 123 Å². The van der Waals surface area contributed by atoms with Gasteiger partial charge < -0.3 is 9.47 Å². The molecule has 1 rings (SSSR count). The van der Waals surface area contributed by atoms with E-state index in [1.807, 2.05) is 13.8 Å². The monoisotopic (exact) mass is 318 g/mol. The van der Waals surface area contributed by atoms with Crippen molar-refractivity contribution in [1.29, 1.82) is 0 Å². The summed E-state index contributed by atoms with van der Waals surface area (Å²) in [5.74, 6) is 0.348. The Morgan fingerprint density at radius 1 is 1.33 bits per heavy atom. The molecule has 0 spiro atoms. The number of sulfonamides is 1. The first-order valence-corrected chi connectivity index (χ1v) is 7.78. The highest BCUT2D eigenvalue weighted by Crippen LogP contribution is 2.27. The molecule has 0 aliphatic rings. The fourth-order valence-electron chi connectivity index (χ4n) is 1.48. The zero-order valence-electron chi connectivity index (χ0n) is 11.8. The molecule has 0 aliphatic carbocycles. The van der Waals surface area contributed by atoms with Crippen LogP contribution in [0.25, 0.3) is 0 Å². The van der Waals surface area contributed by atoms with E-state index in [-0.39, 0.29) is 24.7 Å². The van der Waals surface area contributed by atoms with E-state index in [0.29, 0.717) is 12.5 Å². The Balaban J connectivity index is 2.80. The van der Waals surface area contributed by atoms with Gasteiger partial charge in [-0.25, -0.2) is 13.6 Å². The van der Waals surface area contributed by atoms with Crippen molar-refractivity contribution in [2.75, 3.05) is 19.8 Å². The minimum Gasteiger partial charge on any atom is -0.490 e. The van der Waals surface area contributed by atoms with E-state index in [1.54, 1.807) is 0 Å². The van der Waals surface area contributed by atoms with E-state index in [4.69, 9.17) is 14.6 Å². The van der Waals surface area contributed by atoms with Gasteiger partial charge in [-0.2, -0.15) is 0 Å². The fourth-order valence-corrected chi connectivity index (χ4v) is 2.17. The second-order valence-electron chi connectivity index (χ2n) is 4.75. The topological polar surface area (TPSA) is 122 Å². The molecule has 0 amide bonds. The molecule has 0 saturated carbocycles. The molecule has 9 heteroatoms. The molecule has 1 aromatic carbocycles. The molecule has 21 heavy (non-hydrogen) atoms. The van der Waals surface area contributed by atoms with Gasteiger partial charge in [0.05, 0.1) is 11.5 Å². The lowest BCUT2D eigenvalue weighted by Crippen LogP contribution is -2.16. The minimum atomic E-state index is -4.12. The average molecular weight is 318 g/mol. The molecule has 8 nitrogen and oxygen atoms in total. The molecule has 0 saturated heterocycles. The van der Waals surface area contributed by atoms with E-state index in [1.165, 1.54) is 6.07 Å². The molecular formula is C12H18N2O6S. The number of hydrogen-bond donors (Lipinski definition) is 1. The zero-order valence-corrected chi connectivity index (χ0v) is 12.6. The lowest BCUT2D eigenvalue weighted by atomic mass is 10.2. The van der Waals surface area contributed by atoms with Crippen LogP contribution in [0.4, 0.5) is 5.69 Å². The standard InChI is InChI=1S/C12H18N2O6S/c1-9(2)8-19-5-6-20-11-4-3-10(14(15)16)7-12(11)21(13,17)18/h3-4,7,9H,5-6,8H2,1-2H3,(H2,13,17,18). The lowest BCUT2D eigenvalue weighted by molar-refractivity contribution is -0.385. The van der Waals surface area contributed by atoms with Gasteiger partial charge in [-0.15, -0.1) is 0 Å². The molecule has 2 N–H and O–H groups in total. The van der Waals surface area contributed by atoms with Crippen molar-refractivity contribution in [2.45, 2.75) is 18.7 Å². The number of nitrogens with two attached hydrogens (primary N) is 1. The first kappa shape index (κ1) is 17.3. The summed E-state index contributed by atoms with van der Waals surface area (Å²) < 4.78 is 33.5. The number of nitro groups is 1. The van der Waals surface area contributed by atoms with Crippen LogP contribution in [0.2, 0.25) is 0 Å². The van der Waals surface area contributed by atoms with Crippen molar-refractivity contribution in [2.24, 2.45) is 11.1 Å². The van der Waals surface area contributed by atoms with Crippen molar-refractivity contribution in [3.8, 4) is 5.75 Å². The van der Waals surface area contributed by atoms with E-state index >= 15 is 0 Å². The summed E-state index contributed by atoms with van der Waals surface area (Å²) in [6.45, 7) is 4.95. The summed E-state index contributed by atoms with van der Waals surface area (Å²) in [6, 6.07) is 3.24. The van der Waals surface area contributed by atoms with Gasteiger partial charge >= 0.3 is 0 Å². The van der Waals surface area contributed by atoms with Crippen molar-refractivity contribution in [1.82, 2.24) is 0 Å². The maximum atomic E-state index is 11.5. The summed E-state index contributed by atoms with van der Waals surface area (Å²) in [5, 5.41) is 15.7. The number of ether oxygens (including phenoxy) is 2. The lowest BCUT2D eigenvalue weighted by Gasteiger charge is -2.11. The minimum absolute atomic E-state index is 0.0313. The Hall–Kier alpha value is -1.71. The van der Waals surface area contributed by atoms with Gasteiger partial charge in [-0.3, -0.25) is 10.1 Å². The van der Waals surface area contributed by atoms with Gasteiger partial charge in [0.1, 0.15) is 17.3 Å². The third-order valence-electron chi connectivity index (χ3n) is 2.38. The highest BCUT2D eigenvalue weighted by molar-refractivity contribution is 7.89. The van der Waals surface area contributed by atoms with E-state index in [0.717, 1.165) is 12.1 Å². The maximum Gasteiger partial charge on any atom is 0.271 e. The number of nitro benzene ring substituents is 1. The van der Waals surface area contributed by atoms with Crippen LogP contribution in [0.1, 0.15) is 13.8 Å². The summed E-state index contributed by atoms with van der Waals surface area (Å²) in [7, 11) is -4.12. The highest BCUT2D eigenvalue weighted by Gasteiger charge is 2.20. The number of hydrogen-bond acceptors (Lipinski definition) is 6. The van der Waals surface area contributed by atoms with E-state index in [2.05, 4.69) is 0 Å². The molecule has 0 radical (unpaired) electrons. The van der Waals surface area contributed by atoms with Gasteiger partial charge in [0.25, 0.3) is 5.69 Å². The normalized spacial score (nSPS) is 11.6. The van der Waals surface area contributed by atoms with Gasteiger partial charge in [0.15, 0.2) is 0 Å². The quantitative estimate of drug-likeness (QED) is 0.438. The second kappa shape index (κ2) is 7.34. The predicted molar refractivity (Wildman–Crippen MR) is 75.6 cm³/mol. The molecule has 0 atom stereocenters. The largest absolute Gasteiger partial charge is 0.490 e. The SMILES string of the molecule is CC(C)COCCOc1ccc([N+](=O)[O-])cc1S(N)(=O)=O. The fraction of sp³-hybridized carbons (Fsp3) is 0.500. The van der Waals surface area contributed by atoms with Crippen molar-refractivity contribution >= 4 is 15.7 Å². The molecule has 0 aromatic heterocycles. The van der Waals surface area contributed by atoms with Crippen molar-refractivity contribution in [3.05, 3.63) is 28.3 Å². The van der Waals surface area contributed by atoms with Crippen LogP contribution in [0, 0.1) is 16.0 Å². The summed E-state index contributed by atoms with van der Waals surface area (Å²) in [4.78, 5) is 9.54. The predicted octanol–water partition coefficient (Wildman–Crippen LogP) is 1.29. The third-order valence-corrected chi connectivity index (χ3v) is 3.31. The van der Waals surface area contributed by atoms with Crippen LogP contribution in [-0.4, -0.2) is 33.2 Å². The first-order valence-electron chi connectivity index (χ1n) is 6.23. The average Bonchev–Trinajstić information content (AvgIpc) is 2.36. The van der Waals surface area contributed by atoms with Crippen LogP contribution < -0.4 is 9.88 Å². The van der Waals surface area contributed by atoms with Crippen molar-refractivity contribution in [3.63, 3.8) is 0 Å². The Bertz CT molecular complexity index is 600. The summed E-state index contributed by atoms with van der Waals surface area (Å²) >= 11 is 0. The molecule has 0 aliphatic heterocycles. The molecule has 118 valence electrons. The molecule has 1 aromatic rings. The smallest absolute Gasteiger partial charge is 0.271 e. The van der Waals surface area contributed by atoms with Gasteiger partial charge in [-0.1, -0.05) is 13.8 Å². The number of primary sulfonamides is 1. The van der Waals surface area contributed by atoms with Crippen LogP contribution in [-0.2, 0) is 14.8 Å². The second-order valence-corrected chi connectivity index (χ2v) is 6.28. The molecule has 0 fully saturated rings. The van der Waals surface area contributed by atoms with Crippen LogP contribution in [0.5, 0.6) is 5.75 Å². The van der Waals surface area contributed by atoms with Crippen LogP contribution >= 0.6 is 0 Å². The third kappa shape index (κ3) is 5.66. The first-order chi connectivity index (χ1) is 9.71. The number of benzene rings is 1. The van der Waals surface area contributed by atoms with Gasteiger partial charge in [0.2, 0.25) is 10.0 Å². The van der Waals surface area contributed by atoms with Crippen molar-refractivity contribution < 1.29 is 22.8 Å². The summed E-state index contributed by atoms with van der Waals surface area (Å²) in [6.07, 6.45) is 0. The Kier molecular flexibility index (Phi) is 6.06. The Morgan fingerprint density at radius 2 is 2.00 bits per heavy atom.